The summed E-state index contributed by atoms with van der Waals surface area (Å²) < 4.78 is 49.1. The lowest BCUT2D eigenvalue weighted by Crippen LogP contribution is -2.38. The monoisotopic (exact) mass is 264 g/mol. The summed E-state index contributed by atoms with van der Waals surface area (Å²) in [5.74, 6) is 0. The summed E-state index contributed by atoms with van der Waals surface area (Å²) in [4.78, 5) is 4.06. The second-order valence-corrected chi connectivity index (χ2v) is 4.34. The van der Waals surface area contributed by atoms with E-state index in [9.17, 15) is 12.9 Å². The fourth-order valence-corrected chi connectivity index (χ4v) is 2.27. The molecule has 0 aliphatic carbocycles. The highest BCUT2D eigenvalue weighted by molar-refractivity contribution is 7.98. The van der Waals surface area contributed by atoms with Gasteiger partial charge in [0.1, 0.15) is 0 Å². The normalized spacial score (nSPS) is 17.6. The van der Waals surface area contributed by atoms with E-state index in [4.69, 9.17) is 9.47 Å². The quantitative estimate of drug-likeness (QED) is 0.616. The molecule has 1 aliphatic heterocycles. The van der Waals surface area contributed by atoms with Gasteiger partial charge in [-0.1, -0.05) is 5.46 Å². The van der Waals surface area contributed by atoms with Crippen LogP contribution >= 0.6 is 11.8 Å². The Morgan fingerprint density at radius 3 is 2.47 bits per heavy atom. The highest BCUT2D eigenvalue weighted by Gasteiger charge is 2.34. The van der Waals surface area contributed by atoms with Crippen LogP contribution in [0.15, 0.2) is 17.3 Å². The summed E-state index contributed by atoms with van der Waals surface area (Å²) in [6.07, 6.45) is 3.00. The minimum Gasteiger partial charge on any atom is -0.445 e. The summed E-state index contributed by atoms with van der Waals surface area (Å²) in [6, 6.07) is 0. The van der Waals surface area contributed by atoms with Gasteiger partial charge in [-0.2, -0.15) is 0 Å². The molecule has 0 N–H and O–H groups in total. The van der Waals surface area contributed by atoms with Crippen LogP contribution in [0.1, 0.15) is 11.9 Å². The lowest BCUT2D eigenvalue weighted by molar-refractivity contribution is -0.0455. The molecule has 1 fully saturated rings. The number of hydrogen-bond donors (Lipinski definition) is 0. The Morgan fingerprint density at radius 2 is 1.94 bits per heavy atom. The standard InChI is InChI=1S/C9H10BF3NO2S/c1-17-7-5-14-4-6(10(11,12)13)8(7)9-15-2-3-16-9/h4-5,9H,2-3H2,1H3/q-1. The predicted octanol–water partition coefficient (Wildman–Crippen LogP) is 1.90. The Balaban J connectivity index is 2.51. The van der Waals surface area contributed by atoms with E-state index in [1.165, 1.54) is 18.0 Å². The number of rotatable bonds is 3. The van der Waals surface area contributed by atoms with Gasteiger partial charge in [0.25, 0.3) is 0 Å². The molecule has 2 rings (SSSR count). The second-order valence-electron chi connectivity index (χ2n) is 3.49. The molecule has 0 spiro atoms. The summed E-state index contributed by atoms with van der Waals surface area (Å²) >= 11 is 1.20. The number of halogens is 3. The van der Waals surface area contributed by atoms with Crippen LogP contribution in [0.5, 0.6) is 0 Å². The zero-order valence-electron chi connectivity index (χ0n) is 9.03. The van der Waals surface area contributed by atoms with Crippen LogP contribution in [0.3, 0.4) is 0 Å². The first-order valence-electron chi connectivity index (χ1n) is 4.99. The van der Waals surface area contributed by atoms with Crippen molar-refractivity contribution < 1.29 is 22.4 Å². The fraction of sp³-hybridized carbons (Fsp3) is 0.444. The minimum absolute atomic E-state index is 0.0532. The number of nitrogens with zero attached hydrogens (tertiary/aromatic N) is 1. The summed E-state index contributed by atoms with van der Waals surface area (Å²) in [5.41, 5.74) is -0.679. The third-order valence-electron chi connectivity index (χ3n) is 2.41. The molecule has 8 heteroatoms. The van der Waals surface area contributed by atoms with E-state index in [1.54, 1.807) is 6.26 Å². The van der Waals surface area contributed by atoms with Crippen molar-refractivity contribution >= 4 is 24.2 Å². The molecule has 0 saturated carbocycles. The lowest BCUT2D eigenvalue weighted by atomic mass is 9.78. The van der Waals surface area contributed by atoms with Crippen molar-refractivity contribution in [3.63, 3.8) is 0 Å². The van der Waals surface area contributed by atoms with Crippen molar-refractivity contribution in [1.29, 1.82) is 0 Å². The zero-order valence-corrected chi connectivity index (χ0v) is 9.85. The molecule has 0 unspecified atom stereocenters. The fourth-order valence-electron chi connectivity index (χ4n) is 1.67. The average molecular weight is 264 g/mol. The van der Waals surface area contributed by atoms with Gasteiger partial charge in [-0.05, 0) is 11.8 Å². The number of thioether (sulfide) groups is 1. The van der Waals surface area contributed by atoms with E-state index in [1.807, 2.05) is 0 Å². The summed E-state index contributed by atoms with van der Waals surface area (Å²) in [6.45, 7) is -4.50. The van der Waals surface area contributed by atoms with E-state index in [0.717, 1.165) is 6.20 Å². The molecule has 94 valence electrons. The molecule has 0 aromatic carbocycles. The van der Waals surface area contributed by atoms with Crippen LogP contribution in [0.2, 0.25) is 0 Å². The van der Waals surface area contributed by atoms with E-state index in [-0.39, 0.29) is 5.56 Å². The van der Waals surface area contributed by atoms with Gasteiger partial charge in [0.2, 0.25) is 0 Å². The largest absolute Gasteiger partial charge is 0.511 e. The van der Waals surface area contributed by atoms with Crippen LogP contribution in [0.25, 0.3) is 0 Å². The molecular weight excluding hydrogens is 254 g/mol. The maximum Gasteiger partial charge on any atom is 0.511 e. The van der Waals surface area contributed by atoms with E-state index in [0.29, 0.717) is 18.1 Å². The first kappa shape index (κ1) is 12.7. The Bertz CT molecular complexity index is 410. The average Bonchev–Trinajstić information content (AvgIpc) is 2.80. The van der Waals surface area contributed by atoms with Crippen molar-refractivity contribution in [2.45, 2.75) is 11.2 Å². The molecule has 1 aromatic rings. The van der Waals surface area contributed by atoms with E-state index < -0.39 is 18.7 Å². The van der Waals surface area contributed by atoms with Crippen molar-refractivity contribution in [2.75, 3.05) is 19.5 Å². The summed E-state index contributed by atoms with van der Waals surface area (Å²) in [5, 5.41) is 0. The number of hydrogen-bond acceptors (Lipinski definition) is 4. The van der Waals surface area contributed by atoms with Gasteiger partial charge in [0, 0.05) is 17.3 Å². The molecule has 17 heavy (non-hydrogen) atoms. The number of aromatic nitrogens is 1. The highest BCUT2D eigenvalue weighted by atomic mass is 32.2. The second kappa shape index (κ2) is 4.87. The van der Waals surface area contributed by atoms with Gasteiger partial charge in [-0.25, -0.2) is 0 Å². The maximum atomic E-state index is 12.9. The molecule has 0 radical (unpaired) electrons. The van der Waals surface area contributed by atoms with Crippen LogP contribution in [0.4, 0.5) is 12.9 Å². The number of pyridine rings is 1. The molecule has 0 amide bonds. The third kappa shape index (κ3) is 2.58. The molecule has 1 aromatic heterocycles. The molecule has 0 bridgehead atoms. The van der Waals surface area contributed by atoms with Crippen LogP contribution in [0, 0.1) is 0 Å². The molecule has 2 heterocycles. The van der Waals surface area contributed by atoms with E-state index >= 15 is 0 Å². The molecule has 1 aliphatic rings. The Hall–Kier alpha value is -0.725. The molecule has 0 atom stereocenters. The highest BCUT2D eigenvalue weighted by Crippen LogP contribution is 2.31. The van der Waals surface area contributed by atoms with Gasteiger partial charge in [-0.15, -0.1) is 11.8 Å². The van der Waals surface area contributed by atoms with Crippen molar-refractivity contribution in [1.82, 2.24) is 4.98 Å². The topological polar surface area (TPSA) is 31.4 Å². The Labute approximate surface area is 101 Å². The smallest absolute Gasteiger partial charge is 0.445 e. The van der Waals surface area contributed by atoms with Crippen molar-refractivity contribution in [3.8, 4) is 0 Å². The number of ether oxygens (including phenoxy) is 2. The zero-order chi connectivity index (χ0) is 12.5. The minimum atomic E-state index is -5.12. The van der Waals surface area contributed by atoms with Gasteiger partial charge in [0.15, 0.2) is 6.29 Å². The van der Waals surface area contributed by atoms with Crippen LogP contribution in [-0.4, -0.2) is 31.4 Å². The summed E-state index contributed by atoms with van der Waals surface area (Å²) in [7, 11) is 0. The van der Waals surface area contributed by atoms with Crippen LogP contribution in [-0.2, 0) is 9.47 Å². The van der Waals surface area contributed by atoms with E-state index in [2.05, 4.69) is 4.98 Å². The van der Waals surface area contributed by atoms with Crippen molar-refractivity contribution in [2.24, 2.45) is 0 Å². The SMILES string of the molecule is CSc1cncc([B-](F)(F)F)c1C1OCCO1. The van der Waals surface area contributed by atoms with Crippen molar-refractivity contribution in [3.05, 3.63) is 18.0 Å². The molecular formula is C9H10BF3NO2S-. The van der Waals surface area contributed by atoms with Gasteiger partial charge >= 0.3 is 6.98 Å². The maximum absolute atomic E-state index is 12.9. The molecule has 1 saturated heterocycles. The molecule has 3 nitrogen and oxygen atoms in total. The third-order valence-corrected chi connectivity index (χ3v) is 3.18. The van der Waals surface area contributed by atoms with Gasteiger partial charge in [0.05, 0.1) is 13.2 Å². The Morgan fingerprint density at radius 1 is 1.29 bits per heavy atom. The van der Waals surface area contributed by atoms with Crippen LogP contribution < -0.4 is 5.46 Å². The Kier molecular flexibility index (Phi) is 3.65. The lowest BCUT2D eigenvalue weighted by Gasteiger charge is -2.23. The van der Waals surface area contributed by atoms with Gasteiger partial charge in [-0.3, -0.25) is 4.98 Å². The first-order chi connectivity index (χ1) is 8.04. The predicted molar refractivity (Wildman–Crippen MR) is 59.4 cm³/mol. The first-order valence-corrected chi connectivity index (χ1v) is 6.21. The van der Waals surface area contributed by atoms with Gasteiger partial charge < -0.3 is 22.4 Å².